The molecule has 0 fully saturated rings. The molecule has 0 saturated heterocycles. The molecule has 0 aliphatic rings. The first-order valence-electron chi connectivity index (χ1n) is 5.83. The van der Waals surface area contributed by atoms with E-state index in [4.69, 9.17) is 23.2 Å². The third kappa shape index (κ3) is 3.93. The fourth-order valence-electron chi connectivity index (χ4n) is 1.61. The molecule has 4 nitrogen and oxygen atoms in total. The van der Waals surface area contributed by atoms with Crippen molar-refractivity contribution in [2.24, 2.45) is 0 Å². The third-order valence-electron chi connectivity index (χ3n) is 2.66. The van der Waals surface area contributed by atoms with Gasteiger partial charge < -0.3 is 0 Å². The van der Waals surface area contributed by atoms with Gasteiger partial charge in [0.05, 0.1) is 14.9 Å². The quantitative estimate of drug-likeness (QED) is 0.916. The van der Waals surface area contributed by atoms with Crippen molar-refractivity contribution < 1.29 is 8.42 Å². The number of pyridine rings is 1. The molecule has 0 spiro atoms. The molecule has 0 atom stereocenters. The van der Waals surface area contributed by atoms with Crippen LogP contribution in [0.15, 0.2) is 47.6 Å². The van der Waals surface area contributed by atoms with E-state index in [1.165, 1.54) is 18.2 Å². The van der Waals surface area contributed by atoms with Gasteiger partial charge in [0, 0.05) is 18.9 Å². The van der Waals surface area contributed by atoms with Crippen LogP contribution in [0.1, 0.15) is 5.56 Å². The number of hydrogen-bond acceptors (Lipinski definition) is 3. The Labute approximate surface area is 127 Å². The minimum absolute atomic E-state index is 0.0987. The van der Waals surface area contributed by atoms with Gasteiger partial charge in [-0.25, -0.2) is 13.1 Å². The molecule has 0 amide bonds. The Morgan fingerprint density at radius 1 is 1.05 bits per heavy atom. The highest BCUT2D eigenvalue weighted by Gasteiger charge is 2.14. The molecule has 0 radical (unpaired) electrons. The maximum Gasteiger partial charge on any atom is 0.240 e. The highest BCUT2D eigenvalue weighted by Crippen LogP contribution is 2.24. The maximum absolute atomic E-state index is 12.1. The average Bonchev–Trinajstić information content (AvgIpc) is 2.43. The third-order valence-corrected chi connectivity index (χ3v) is 4.85. The van der Waals surface area contributed by atoms with Crippen LogP contribution in [-0.4, -0.2) is 19.9 Å². The maximum atomic E-state index is 12.1. The number of halogens is 2. The Kier molecular flexibility index (Phi) is 4.99. The van der Waals surface area contributed by atoms with Crippen LogP contribution in [0.2, 0.25) is 10.0 Å². The molecule has 0 unspecified atom stereocenters. The summed E-state index contributed by atoms with van der Waals surface area (Å²) in [6.07, 6.45) is 3.93. The van der Waals surface area contributed by atoms with Gasteiger partial charge >= 0.3 is 0 Å². The molecule has 7 heteroatoms. The SMILES string of the molecule is O=S(=O)(NCCc1ccncc1)c1ccc(Cl)c(Cl)c1. The molecule has 20 heavy (non-hydrogen) atoms. The molecule has 1 aromatic carbocycles. The summed E-state index contributed by atoms with van der Waals surface area (Å²) in [5.41, 5.74) is 1.01. The highest BCUT2D eigenvalue weighted by molar-refractivity contribution is 7.89. The van der Waals surface area contributed by atoms with Crippen molar-refractivity contribution in [2.45, 2.75) is 11.3 Å². The molecule has 1 N–H and O–H groups in total. The zero-order valence-corrected chi connectivity index (χ0v) is 12.7. The highest BCUT2D eigenvalue weighted by atomic mass is 35.5. The van der Waals surface area contributed by atoms with E-state index in [0.717, 1.165) is 5.56 Å². The Bertz CT molecular complexity index is 691. The number of aromatic nitrogens is 1. The fourth-order valence-corrected chi connectivity index (χ4v) is 3.03. The monoisotopic (exact) mass is 330 g/mol. The number of nitrogens with zero attached hydrogens (tertiary/aromatic N) is 1. The van der Waals surface area contributed by atoms with Crippen LogP contribution in [0.3, 0.4) is 0 Å². The number of rotatable bonds is 5. The molecule has 0 aliphatic heterocycles. The lowest BCUT2D eigenvalue weighted by Gasteiger charge is -2.07. The van der Waals surface area contributed by atoms with Gasteiger partial charge in [-0.1, -0.05) is 23.2 Å². The zero-order chi connectivity index (χ0) is 14.6. The van der Waals surface area contributed by atoms with Crippen LogP contribution in [0.4, 0.5) is 0 Å². The summed E-state index contributed by atoms with van der Waals surface area (Å²) in [4.78, 5) is 4.00. The predicted molar refractivity (Wildman–Crippen MR) is 79.6 cm³/mol. The Hall–Kier alpha value is -1.14. The second kappa shape index (κ2) is 6.54. The van der Waals surface area contributed by atoms with Crippen molar-refractivity contribution in [3.05, 3.63) is 58.3 Å². The molecular weight excluding hydrogens is 319 g/mol. The van der Waals surface area contributed by atoms with E-state index in [0.29, 0.717) is 18.0 Å². The summed E-state index contributed by atoms with van der Waals surface area (Å²) in [6, 6.07) is 7.89. The molecular formula is C13H12Cl2N2O2S. The average molecular weight is 331 g/mol. The van der Waals surface area contributed by atoms with Gasteiger partial charge in [-0.2, -0.15) is 0 Å². The minimum Gasteiger partial charge on any atom is -0.265 e. The molecule has 1 aromatic heterocycles. The number of benzene rings is 1. The van der Waals surface area contributed by atoms with Crippen molar-refractivity contribution in [3.8, 4) is 0 Å². The molecule has 2 rings (SSSR count). The van der Waals surface area contributed by atoms with Gasteiger partial charge in [0.15, 0.2) is 0 Å². The van der Waals surface area contributed by atoms with Gasteiger partial charge in [-0.05, 0) is 42.3 Å². The number of hydrogen-bond donors (Lipinski definition) is 1. The Morgan fingerprint density at radius 3 is 2.40 bits per heavy atom. The van der Waals surface area contributed by atoms with E-state index in [1.54, 1.807) is 12.4 Å². The van der Waals surface area contributed by atoms with E-state index in [2.05, 4.69) is 9.71 Å². The lowest BCUT2D eigenvalue weighted by atomic mass is 10.2. The van der Waals surface area contributed by atoms with Crippen LogP contribution in [0.25, 0.3) is 0 Å². The summed E-state index contributed by atoms with van der Waals surface area (Å²) < 4.78 is 26.6. The van der Waals surface area contributed by atoms with Crippen LogP contribution in [0.5, 0.6) is 0 Å². The number of sulfonamides is 1. The summed E-state index contributed by atoms with van der Waals surface area (Å²) >= 11 is 11.6. The molecule has 2 aromatic rings. The lowest BCUT2D eigenvalue weighted by molar-refractivity contribution is 0.581. The zero-order valence-electron chi connectivity index (χ0n) is 10.4. The fraction of sp³-hybridized carbons (Fsp3) is 0.154. The van der Waals surface area contributed by atoms with Crippen LogP contribution in [0, 0.1) is 0 Å². The topological polar surface area (TPSA) is 59.1 Å². The van der Waals surface area contributed by atoms with E-state index in [-0.39, 0.29) is 9.92 Å². The van der Waals surface area contributed by atoms with E-state index in [1.807, 2.05) is 12.1 Å². The first-order valence-corrected chi connectivity index (χ1v) is 8.06. The second-order valence-electron chi connectivity index (χ2n) is 4.08. The summed E-state index contributed by atoms with van der Waals surface area (Å²) in [6.45, 7) is 0.298. The number of nitrogens with one attached hydrogen (secondary N) is 1. The first-order chi connectivity index (χ1) is 9.49. The van der Waals surface area contributed by atoms with Crippen LogP contribution in [-0.2, 0) is 16.4 Å². The summed E-state index contributed by atoms with van der Waals surface area (Å²) in [7, 11) is -3.58. The van der Waals surface area contributed by atoms with Gasteiger partial charge in [0.1, 0.15) is 0 Å². The van der Waals surface area contributed by atoms with Gasteiger partial charge in [-0.15, -0.1) is 0 Å². The largest absolute Gasteiger partial charge is 0.265 e. The molecule has 0 aliphatic carbocycles. The second-order valence-corrected chi connectivity index (χ2v) is 6.66. The standard InChI is InChI=1S/C13H12Cl2N2O2S/c14-12-2-1-11(9-13(12)15)20(18,19)17-8-5-10-3-6-16-7-4-10/h1-4,6-7,9,17H,5,8H2. The van der Waals surface area contributed by atoms with Gasteiger partial charge in [-0.3, -0.25) is 4.98 Å². The smallest absolute Gasteiger partial charge is 0.240 e. The van der Waals surface area contributed by atoms with Crippen molar-refractivity contribution in [3.63, 3.8) is 0 Å². The van der Waals surface area contributed by atoms with Crippen LogP contribution < -0.4 is 4.72 Å². The van der Waals surface area contributed by atoms with Crippen molar-refractivity contribution >= 4 is 33.2 Å². The lowest BCUT2D eigenvalue weighted by Crippen LogP contribution is -2.26. The predicted octanol–water partition coefficient (Wildman–Crippen LogP) is 2.91. The molecule has 106 valence electrons. The van der Waals surface area contributed by atoms with Crippen molar-refractivity contribution in [2.75, 3.05) is 6.54 Å². The van der Waals surface area contributed by atoms with E-state index < -0.39 is 10.0 Å². The van der Waals surface area contributed by atoms with E-state index in [9.17, 15) is 8.42 Å². The van der Waals surface area contributed by atoms with Gasteiger partial charge in [0.25, 0.3) is 0 Å². The van der Waals surface area contributed by atoms with Gasteiger partial charge in [0.2, 0.25) is 10.0 Å². The van der Waals surface area contributed by atoms with Crippen molar-refractivity contribution in [1.29, 1.82) is 0 Å². The van der Waals surface area contributed by atoms with Crippen molar-refractivity contribution in [1.82, 2.24) is 9.71 Å². The van der Waals surface area contributed by atoms with Crippen LogP contribution >= 0.6 is 23.2 Å². The normalized spacial score (nSPS) is 11.5. The summed E-state index contributed by atoms with van der Waals surface area (Å²) in [5.74, 6) is 0. The summed E-state index contributed by atoms with van der Waals surface area (Å²) in [5, 5.41) is 0.533. The Morgan fingerprint density at radius 2 is 1.75 bits per heavy atom. The van der Waals surface area contributed by atoms with E-state index >= 15 is 0 Å². The molecule has 0 bridgehead atoms. The first kappa shape index (κ1) is 15.3. The minimum atomic E-state index is -3.58. The molecule has 1 heterocycles. The Balaban J connectivity index is 2.02. The molecule has 0 saturated carbocycles.